The molecule has 0 saturated carbocycles. The summed E-state index contributed by atoms with van der Waals surface area (Å²) in [5, 5.41) is 1.55. The van der Waals surface area contributed by atoms with E-state index in [1.54, 1.807) is 5.20 Å². The van der Waals surface area contributed by atoms with Crippen LogP contribution < -0.4 is 0 Å². The van der Waals surface area contributed by atoms with Crippen LogP contribution in [0.5, 0.6) is 0 Å². The predicted molar refractivity (Wildman–Crippen MR) is 56.6 cm³/mol. The van der Waals surface area contributed by atoms with Gasteiger partial charge in [0, 0.05) is 0 Å². The molecule has 0 atom stereocenters. The van der Waals surface area contributed by atoms with Crippen molar-refractivity contribution in [1.29, 1.82) is 0 Å². The average molecular weight is 166 g/mol. The molecular weight excluding hydrogens is 148 g/mol. The molecule has 1 heteroatoms. The molecule has 0 aliphatic rings. The van der Waals surface area contributed by atoms with Gasteiger partial charge in [-0.15, -0.1) is 0 Å². The predicted octanol–water partition coefficient (Wildman–Crippen LogP) is 3.09. The van der Waals surface area contributed by atoms with Gasteiger partial charge in [0.1, 0.15) is 0 Å². The third-order valence-corrected chi connectivity index (χ3v) is 3.86. The zero-order valence-electron chi connectivity index (χ0n) is 8.02. The Morgan fingerprint density at radius 3 is 2.09 bits per heavy atom. The summed E-state index contributed by atoms with van der Waals surface area (Å²) >= 11 is 0. The van der Waals surface area contributed by atoms with E-state index in [9.17, 15) is 0 Å². The van der Waals surface area contributed by atoms with Crippen molar-refractivity contribution >= 4 is 8.80 Å². The van der Waals surface area contributed by atoms with E-state index in [4.69, 9.17) is 0 Å². The molecule has 0 aliphatic carbocycles. The topological polar surface area (TPSA) is 0 Å². The van der Waals surface area contributed by atoms with Crippen LogP contribution in [0, 0.1) is 0 Å². The summed E-state index contributed by atoms with van der Waals surface area (Å²) in [4.78, 5) is 0. The van der Waals surface area contributed by atoms with Crippen molar-refractivity contribution < 1.29 is 0 Å². The van der Waals surface area contributed by atoms with Crippen molar-refractivity contribution in [2.75, 3.05) is 0 Å². The second kappa shape index (κ2) is 5.14. The monoisotopic (exact) mass is 166 g/mol. The Hall–Kier alpha value is -0.563. The van der Waals surface area contributed by atoms with E-state index in [1.165, 1.54) is 5.57 Å². The molecule has 0 heterocycles. The summed E-state index contributed by atoms with van der Waals surface area (Å²) in [6, 6.07) is 0. The van der Waals surface area contributed by atoms with Gasteiger partial charge in [-0.2, -0.15) is 0 Å². The SMILES string of the molecule is C=CC(C)=CC=C(C)[SiH](C)C. The van der Waals surface area contributed by atoms with E-state index in [0.717, 1.165) is 0 Å². The fourth-order valence-corrected chi connectivity index (χ4v) is 1.00. The summed E-state index contributed by atoms with van der Waals surface area (Å²) in [5.41, 5.74) is 1.24. The first-order valence-corrected chi connectivity index (χ1v) is 6.94. The van der Waals surface area contributed by atoms with Gasteiger partial charge in [-0.1, -0.05) is 48.7 Å². The number of hydrogen-bond acceptors (Lipinski definition) is 0. The zero-order valence-corrected chi connectivity index (χ0v) is 9.17. The fourth-order valence-electron chi connectivity index (χ4n) is 0.523. The summed E-state index contributed by atoms with van der Waals surface area (Å²) in [7, 11) is -0.552. The maximum Gasteiger partial charge on any atom is 0.0591 e. The highest BCUT2D eigenvalue weighted by molar-refractivity contribution is 6.63. The molecule has 0 unspecified atom stereocenters. The van der Waals surface area contributed by atoms with E-state index in [1.807, 2.05) is 6.08 Å². The van der Waals surface area contributed by atoms with Gasteiger partial charge in [0.25, 0.3) is 0 Å². The van der Waals surface area contributed by atoms with E-state index in [0.29, 0.717) is 0 Å². The Balaban J connectivity index is 4.22. The van der Waals surface area contributed by atoms with Gasteiger partial charge in [-0.05, 0) is 13.8 Å². The van der Waals surface area contributed by atoms with Crippen LogP contribution in [0.25, 0.3) is 0 Å². The molecule has 0 N–H and O–H groups in total. The van der Waals surface area contributed by atoms with Gasteiger partial charge in [-0.25, -0.2) is 0 Å². The van der Waals surface area contributed by atoms with Crippen molar-refractivity contribution in [1.82, 2.24) is 0 Å². The standard InChI is InChI=1S/C10H18Si/c1-6-9(2)7-8-10(3)11(4)5/h6-8,11H,1H2,2-5H3. The minimum Gasteiger partial charge on any atom is -0.0988 e. The average Bonchev–Trinajstić information content (AvgIpc) is 1.99. The molecule has 0 saturated heterocycles. The quantitative estimate of drug-likeness (QED) is 0.446. The summed E-state index contributed by atoms with van der Waals surface area (Å²) in [6.45, 7) is 12.6. The van der Waals surface area contributed by atoms with Crippen LogP contribution in [0.15, 0.2) is 35.6 Å². The van der Waals surface area contributed by atoms with Gasteiger partial charge in [0.2, 0.25) is 0 Å². The Bertz CT molecular complexity index is 185. The molecule has 0 aromatic rings. The summed E-state index contributed by atoms with van der Waals surface area (Å²) < 4.78 is 0. The molecule has 0 nitrogen and oxygen atoms in total. The number of hydrogen-bond donors (Lipinski definition) is 0. The van der Waals surface area contributed by atoms with Crippen molar-refractivity contribution in [3.8, 4) is 0 Å². The molecule has 0 spiro atoms. The first-order valence-electron chi connectivity index (χ1n) is 4.05. The van der Waals surface area contributed by atoms with Crippen molar-refractivity contribution in [2.24, 2.45) is 0 Å². The van der Waals surface area contributed by atoms with Crippen LogP contribution in [0.1, 0.15) is 13.8 Å². The Morgan fingerprint density at radius 1 is 1.18 bits per heavy atom. The Morgan fingerprint density at radius 2 is 1.73 bits per heavy atom. The van der Waals surface area contributed by atoms with Crippen LogP contribution in [0.2, 0.25) is 13.1 Å². The molecule has 62 valence electrons. The molecule has 11 heavy (non-hydrogen) atoms. The Kier molecular flexibility index (Phi) is 4.87. The zero-order chi connectivity index (χ0) is 8.85. The highest BCUT2D eigenvalue weighted by Crippen LogP contribution is 2.01. The Labute approximate surface area is 71.9 Å². The normalized spacial score (nSPS) is 13.9. The van der Waals surface area contributed by atoms with Crippen LogP contribution >= 0.6 is 0 Å². The summed E-state index contributed by atoms with van der Waals surface area (Å²) in [6.07, 6.45) is 6.23. The lowest BCUT2D eigenvalue weighted by Gasteiger charge is -2.00. The molecule has 0 rings (SSSR count). The maximum absolute atomic E-state index is 3.70. The smallest absolute Gasteiger partial charge is 0.0591 e. The maximum atomic E-state index is 3.70. The lowest BCUT2D eigenvalue weighted by molar-refractivity contribution is 1.51. The third-order valence-electron chi connectivity index (χ3n) is 1.84. The highest BCUT2D eigenvalue weighted by atomic mass is 28.3. The molecule has 0 aliphatic heterocycles. The molecule has 0 aromatic heterocycles. The van der Waals surface area contributed by atoms with E-state index in [-0.39, 0.29) is 0 Å². The number of allylic oxidation sites excluding steroid dienone is 5. The van der Waals surface area contributed by atoms with Crippen molar-refractivity contribution in [3.05, 3.63) is 35.6 Å². The van der Waals surface area contributed by atoms with Crippen molar-refractivity contribution in [3.63, 3.8) is 0 Å². The van der Waals surface area contributed by atoms with Gasteiger partial charge >= 0.3 is 0 Å². The first kappa shape index (κ1) is 10.4. The van der Waals surface area contributed by atoms with Crippen LogP contribution in [0.3, 0.4) is 0 Å². The van der Waals surface area contributed by atoms with Gasteiger partial charge in [-0.3, -0.25) is 0 Å². The van der Waals surface area contributed by atoms with Gasteiger partial charge < -0.3 is 0 Å². The second-order valence-electron chi connectivity index (χ2n) is 3.18. The van der Waals surface area contributed by atoms with Crippen molar-refractivity contribution in [2.45, 2.75) is 26.9 Å². The van der Waals surface area contributed by atoms with E-state index >= 15 is 0 Å². The highest BCUT2D eigenvalue weighted by Gasteiger charge is 1.94. The number of rotatable bonds is 3. The summed E-state index contributed by atoms with van der Waals surface area (Å²) in [5.74, 6) is 0. The third kappa shape index (κ3) is 4.79. The lowest BCUT2D eigenvalue weighted by atomic mass is 10.3. The first-order chi connectivity index (χ1) is 5.07. The lowest BCUT2D eigenvalue weighted by Crippen LogP contribution is -2.00. The van der Waals surface area contributed by atoms with Gasteiger partial charge in [0.05, 0.1) is 8.80 Å². The fraction of sp³-hybridized carbons (Fsp3) is 0.400. The molecule has 0 aromatic carbocycles. The molecule has 0 fully saturated rings. The largest absolute Gasteiger partial charge is 0.0988 e. The van der Waals surface area contributed by atoms with Crippen LogP contribution in [-0.4, -0.2) is 8.80 Å². The minimum absolute atomic E-state index is 0.552. The molecular formula is C10H18Si. The molecule has 0 amide bonds. The van der Waals surface area contributed by atoms with E-state index < -0.39 is 8.80 Å². The second-order valence-corrected chi connectivity index (χ2v) is 6.40. The molecule has 0 bridgehead atoms. The van der Waals surface area contributed by atoms with Gasteiger partial charge in [0.15, 0.2) is 0 Å². The molecule has 0 radical (unpaired) electrons. The minimum atomic E-state index is -0.552. The van der Waals surface area contributed by atoms with Crippen LogP contribution in [0.4, 0.5) is 0 Å². The van der Waals surface area contributed by atoms with E-state index in [2.05, 4.69) is 45.7 Å². The van der Waals surface area contributed by atoms with Crippen LogP contribution in [-0.2, 0) is 0 Å².